The third kappa shape index (κ3) is 3.77. The summed E-state index contributed by atoms with van der Waals surface area (Å²) in [5.74, 6) is -1.14. The first-order chi connectivity index (χ1) is 8.65. The van der Waals surface area contributed by atoms with E-state index in [1.807, 2.05) is 20.8 Å². The molecule has 0 saturated heterocycles. The first-order valence-corrected chi connectivity index (χ1v) is 8.81. The second-order valence-corrected chi connectivity index (χ2v) is 8.45. The predicted octanol–water partition coefficient (Wildman–Crippen LogP) is 3.07. The number of halogens is 1. The van der Waals surface area contributed by atoms with Crippen LogP contribution in [0.5, 0.6) is 0 Å². The van der Waals surface area contributed by atoms with Gasteiger partial charge in [0.15, 0.2) is 0 Å². The maximum atomic E-state index is 12.3. The van der Waals surface area contributed by atoms with Gasteiger partial charge in [-0.05, 0) is 41.8 Å². The van der Waals surface area contributed by atoms with Crippen molar-refractivity contribution in [1.29, 1.82) is 0 Å². The number of thiophene rings is 1. The van der Waals surface area contributed by atoms with Gasteiger partial charge < -0.3 is 5.11 Å². The normalized spacial score (nSPS) is 12.6. The van der Waals surface area contributed by atoms with Gasteiger partial charge in [-0.15, -0.1) is 11.3 Å². The summed E-state index contributed by atoms with van der Waals surface area (Å²) in [7, 11) is -3.74. The lowest BCUT2D eigenvalue weighted by Crippen LogP contribution is -2.44. The van der Waals surface area contributed by atoms with Crippen LogP contribution in [-0.4, -0.2) is 25.0 Å². The second kappa shape index (κ2) is 5.90. The molecule has 0 atom stereocenters. The summed E-state index contributed by atoms with van der Waals surface area (Å²) < 4.78 is 27.5. The topological polar surface area (TPSA) is 83.5 Å². The molecule has 5 nitrogen and oxygen atoms in total. The Bertz CT molecular complexity index is 576. The minimum absolute atomic E-state index is 0.0121. The van der Waals surface area contributed by atoms with E-state index in [2.05, 4.69) is 20.7 Å². The third-order valence-corrected chi connectivity index (χ3v) is 6.98. The molecule has 1 aromatic heterocycles. The lowest BCUT2D eigenvalue weighted by molar-refractivity contribution is 0.0702. The molecule has 0 amide bonds. The van der Waals surface area contributed by atoms with Crippen LogP contribution in [0.15, 0.2) is 14.7 Å². The molecule has 2 N–H and O–H groups in total. The largest absolute Gasteiger partial charge is 0.477 e. The van der Waals surface area contributed by atoms with Crippen LogP contribution in [0.3, 0.4) is 0 Å². The Labute approximate surface area is 125 Å². The van der Waals surface area contributed by atoms with Crippen LogP contribution in [0, 0.1) is 0 Å². The van der Waals surface area contributed by atoms with Gasteiger partial charge in [-0.25, -0.2) is 17.9 Å². The number of rotatable bonds is 6. The number of hydrogen-bond acceptors (Lipinski definition) is 4. The Morgan fingerprint density at radius 3 is 2.37 bits per heavy atom. The van der Waals surface area contributed by atoms with Crippen LogP contribution >= 0.6 is 27.3 Å². The van der Waals surface area contributed by atoms with Crippen LogP contribution in [0.4, 0.5) is 0 Å². The van der Waals surface area contributed by atoms with E-state index in [1.165, 1.54) is 6.07 Å². The van der Waals surface area contributed by atoms with Crippen molar-refractivity contribution < 1.29 is 18.3 Å². The highest BCUT2D eigenvalue weighted by Crippen LogP contribution is 2.32. The molecule has 0 aromatic carbocycles. The van der Waals surface area contributed by atoms with Gasteiger partial charge in [-0.1, -0.05) is 13.8 Å². The fourth-order valence-corrected chi connectivity index (χ4v) is 5.37. The monoisotopic (exact) mass is 369 g/mol. The molecule has 1 heterocycles. The van der Waals surface area contributed by atoms with Gasteiger partial charge in [0.25, 0.3) is 0 Å². The van der Waals surface area contributed by atoms with Crippen molar-refractivity contribution in [2.24, 2.45) is 0 Å². The Kier molecular flexibility index (Phi) is 5.16. The molecule has 0 aliphatic heterocycles. The molecule has 0 aliphatic carbocycles. The maximum absolute atomic E-state index is 12.3. The smallest absolute Gasteiger partial charge is 0.345 e. The van der Waals surface area contributed by atoms with Gasteiger partial charge in [-0.3, -0.25) is 0 Å². The first kappa shape index (κ1) is 16.6. The van der Waals surface area contributed by atoms with E-state index in [0.29, 0.717) is 16.6 Å². The Morgan fingerprint density at radius 1 is 1.47 bits per heavy atom. The first-order valence-electron chi connectivity index (χ1n) is 5.72. The van der Waals surface area contributed by atoms with Gasteiger partial charge >= 0.3 is 5.97 Å². The molecule has 108 valence electrons. The summed E-state index contributed by atoms with van der Waals surface area (Å²) in [6.45, 7) is 5.62. The lowest BCUT2D eigenvalue weighted by atomic mass is 9.98. The van der Waals surface area contributed by atoms with Crippen molar-refractivity contribution in [2.45, 2.75) is 44.0 Å². The summed E-state index contributed by atoms with van der Waals surface area (Å²) in [5.41, 5.74) is -0.538. The number of sulfonamides is 1. The van der Waals surface area contributed by atoms with Gasteiger partial charge in [0.2, 0.25) is 10.0 Å². The molecule has 19 heavy (non-hydrogen) atoms. The zero-order valence-corrected chi connectivity index (χ0v) is 14.1. The predicted molar refractivity (Wildman–Crippen MR) is 78.3 cm³/mol. The summed E-state index contributed by atoms with van der Waals surface area (Å²) in [5, 5.41) is 8.89. The molecule has 0 unspecified atom stereocenters. The van der Waals surface area contributed by atoms with Crippen molar-refractivity contribution in [3.05, 3.63) is 14.7 Å². The quantitative estimate of drug-likeness (QED) is 0.806. The van der Waals surface area contributed by atoms with Crippen LogP contribution < -0.4 is 4.72 Å². The van der Waals surface area contributed by atoms with E-state index in [1.54, 1.807) is 0 Å². The Morgan fingerprint density at radius 2 is 2.00 bits per heavy atom. The highest BCUT2D eigenvalue weighted by molar-refractivity contribution is 9.11. The van der Waals surface area contributed by atoms with E-state index in [0.717, 1.165) is 11.3 Å². The minimum Gasteiger partial charge on any atom is -0.477 e. The Hall–Kier alpha value is -0.440. The number of carboxylic acids is 1. The lowest BCUT2D eigenvalue weighted by Gasteiger charge is -2.27. The van der Waals surface area contributed by atoms with Gasteiger partial charge in [0.1, 0.15) is 9.77 Å². The molecule has 1 rings (SSSR count). The van der Waals surface area contributed by atoms with Crippen LogP contribution in [0.1, 0.15) is 43.3 Å². The second-order valence-electron chi connectivity index (χ2n) is 4.43. The number of hydrogen-bond donors (Lipinski definition) is 2. The van der Waals surface area contributed by atoms with E-state index < -0.39 is 21.5 Å². The van der Waals surface area contributed by atoms with Crippen molar-refractivity contribution >= 4 is 43.3 Å². The van der Waals surface area contributed by atoms with Crippen LogP contribution in [0.25, 0.3) is 0 Å². The van der Waals surface area contributed by atoms with E-state index in [9.17, 15) is 13.2 Å². The molecule has 0 spiro atoms. The van der Waals surface area contributed by atoms with E-state index in [-0.39, 0.29) is 9.77 Å². The van der Waals surface area contributed by atoms with E-state index in [4.69, 9.17) is 5.11 Å². The van der Waals surface area contributed by atoms with Crippen LogP contribution in [-0.2, 0) is 10.0 Å². The van der Waals surface area contributed by atoms with Gasteiger partial charge in [0.05, 0.1) is 3.79 Å². The standard InChI is InChI=1S/C11H16BrNO4S2/c1-4-11(3,5-2)13-19(16,17)8-6-7(10(14)15)18-9(8)12/h6,13H,4-5H2,1-3H3,(H,14,15). The molecular formula is C11H16BrNO4S2. The van der Waals surface area contributed by atoms with Crippen molar-refractivity contribution in [2.75, 3.05) is 0 Å². The average Bonchev–Trinajstić information content (AvgIpc) is 2.71. The highest BCUT2D eigenvalue weighted by atomic mass is 79.9. The fourth-order valence-electron chi connectivity index (χ4n) is 1.41. The molecule has 0 aliphatic rings. The SMILES string of the molecule is CCC(C)(CC)NS(=O)(=O)c1cc(C(=O)O)sc1Br. The fraction of sp³-hybridized carbons (Fsp3) is 0.545. The summed E-state index contributed by atoms with van der Waals surface area (Å²) in [6.07, 6.45) is 1.30. The highest BCUT2D eigenvalue weighted by Gasteiger charge is 2.30. The molecule has 0 saturated carbocycles. The van der Waals surface area contributed by atoms with Crippen molar-refractivity contribution in [3.8, 4) is 0 Å². The zero-order valence-electron chi connectivity index (χ0n) is 10.9. The molecule has 8 heteroatoms. The third-order valence-electron chi connectivity index (χ3n) is 3.10. The number of aromatic carboxylic acids is 1. The molecule has 1 aromatic rings. The maximum Gasteiger partial charge on any atom is 0.345 e. The number of carboxylic acid groups (broad SMARTS) is 1. The molecular weight excluding hydrogens is 354 g/mol. The number of carbonyl (C=O) groups is 1. The number of nitrogens with one attached hydrogen (secondary N) is 1. The molecule has 0 radical (unpaired) electrons. The van der Waals surface area contributed by atoms with E-state index >= 15 is 0 Å². The zero-order chi connectivity index (χ0) is 14.8. The van der Waals surface area contributed by atoms with Crippen LogP contribution in [0.2, 0.25) is 0 Å². The summed E-state index contributed by atoms with van der Waals surface area (Å²) >= 11 is 4.00. The Balaban J connectivity index is 3.18. The van der Waals surface area contributed by atoms with Crippen molar-refractivity contribution in [3.63, 3.8) is 0 Å². The minimum atomic E-state index is -3.74. The summed E-state index contributed by atoms with van der Waals surface area (Å²) in [4.78, 5) is 10.8. The molecule has 0 fully saturated rings. The summed E-state index contributed by atoms with van der Waals surface area (Å²) in [6, 6.07) is 1.17. The van der Waals surface area contributed by atoms with Gasteiger partial charge in [-0.2, -0.15) is 0 Å². The van der Waals surface area contributed by atoms with Crippen molar-refractivity contribution in [1.82, 2.24) is 4.72 Å². The molecule has 0 bridgehead atoms. The van der Waals surface area contributed by atoms with Gasteiger partial charge in [0, 0.05) is 5.54 Å². The average molecular weight is 370 g/mol.